The van der Waals surface area contributed by atoms with Crippen LogP contribution in [-0.4, -0.2) is 49.1 Å². The van der Waals surface area contributed by atoms with Crippen molar-refractivity contribution in [1.82, 2.24) is 10.2 Å². The minimum absolute atomic E-state index is 1.02. The Bertz CT molecular complexity index is 240. The summed E-state index contributed by atoms with van der Waals surface area (Å²) in [5.41, 5.74) is 0. The van der Waals surface area contributed by atoms with E-state index >= 15 is 0 Å². The van der Waals surface area contributed by atoms with Gasteiger partial charge in [0.15, 0.2) is 0 Å². The summed E-state index contributed by atoms with van der Waals surface area (Å²) in [5, 5.41) is 3.71. The third kappa shape index (κ3) is 3.18. The lowest BCUT2D eigenvalue weighted by Gasteiger charge is -2.27. The largest absolute Gasteiger partial charge is 0.315 e. The zero-order valence-electron chi connectivity index (χ0n) is 10.9. The number of fused-ring (bicyclic) bond motifs is 2. The summed E-state index contributed by atoms with van der Waals surface area (Å²) in [6, 6.07) is 0. The molecule has 3 unspecified atom stereocenters. The number of nitrogens with zero attached hydrogens (tertiary/aromatic N) is 1. The highest BCUT2D eigenvalue weighted by Gasteiger charge is 2.38. The first-order valence-electron chi connectivity index (χ1n) is 7.42. The normalized spacial score (nSPS) is 37.8. The molecule has 2 nitrogen and oxygen atoms in total. The number of hydrogen-bond donors (Lipinski definition) is 1. The fourth-order valence-corrected chi connectivity index (χ4v) is 4.95. The molecule has 17 heavy (non-hydrogen) atoms. The Labute approximate surface area is 110 Å². The van der Waals surface area contributed by atoms with Crippen LogP contribution in [0.15, 0.2) is 0 Å². The summed E-state index contributed by atoms with van der Waals surface area (Å²) in [5.74, 6) is 5.88. The van der Waals surface area contributed by atoms with Crippen molar-refractivity contribution < 1.29 is 0 Å². The van der Waals surface area contributed by atoms with E-state index in [1.165, 1.54) is 63.5 Å². The van der Waals surface area contributed by atoms with Crippen LogP contribution in [0.2, 0.25) is 0 Å². The molecule has 0 radical (unpaired) electrons. The lowest BCUT2D eigenvalue weighted by molar-refractivity contribution is 0.282. The Morgan fingerprint density at radius 1 is 1.12 bits per heavy atom. The number of hydrogen-bond acceptors (Lipinski definition) is 3. The molecule has 98 valence electrons. The monoisotopic (exact) mass is 254 g/mol. The van der Waals surface area contributed by atoms with Gasteiger partial charge in [-0.15, -0.1) is 0 Å². The van der Waals surface area contributed by atoms with Crippen molar-refractivity contribution in [1.29, 1.82) is 0 Å². The van der Waals surface area contributed by atoms with E-state index in [0.29, 0.717) is 0 Å². The maximum Gasteiger partial charge on any atom is 0.0107 e. The van der Waals surface area contributed by atoms with Gasteiger partial charge in [-0.2, -0.15) is 11.8 Å². The van der Waals surface area contributed by atoms with E-state index in [1.807, 2.05) is 0 Å². The standard InChI is InChI=1S/C14H26N2S/c1-2-13-9-12(1)10-14(13)11-15-3-4-16-5-7-17-8-6-16/h12-15H,1-11H2. The van der Waals surface area contributed by atoms with Gasteiger partial charge in [-0.3, -0.25) is 0 Å². The zero-order chi connectivity index (χ0) is 11.5. The first-order chi connectivity index (χ1) is 8.42. The molecule has 0 aromatic heterocycles. The highest BCUT2D eigenvalue weighted by molar-refractivity contribution is 7.99. The maximum absolute atomic E-state index is 3.71. The molecule has 0 aromatic rings. The van der Waals surface area contributed by atoms with E-state index in [1.54, 1.807) is 6.42 Å². The molecule has 0 spiro atoms. The van der Waals surface area contributed by atoms with Crippen molar-refractivity contribution >= 4 is 11.8 Å². The topological polar surface area (TPSA) is 15.3 Å². The van der Waals surface area contributed by atoms with Gasteiger partial charge in [0.1, 0.15) is 0 Å². The molecule has 3 aliphatic rings. The van der Waals surface area contributed by atoms with E-state index in [0.717, 1.165) is 17.8 Å². The van der Waals surface area contributed by atoms with E-state index in [-0.39, 0.29) is 0 Å². The Morgan fingerprint density at radius 3 is 2.71 bits per heavy atom. The van der Waals surface area contributed by atoms with Gasteiger partial charge in [-0.25, -0.2) is 0 Å². The minimum Gasteiger partial charge on any atom is -0.315 e. The van der Waals surface area contributed by atoms with Gasteiger partial charge in [-0.1, -0.05) is 6.42 Å². The van der Waals surface area contributed by atoms with Crippen LogP contribution in [0.25, 0.3) is 0 Å². The predicted octanol–water partition coefficient (Wildman–Crippen LogP) is 2.06. The molecule has 3 fully saturated rings. The van der Waals surface area contributed by atoms with Crippen LogP contribution in [0.1, 0.15) is 25.7 Å². The number of thioether (sulfide) groups is 1. The van der Waals surface area contributed by atoms with Gasteiger partial charge >= 0.3 is 0 Å². The average molecular weight is 254 g/mol. The molecular formula is C14H26N2S. The summed E-state index contributed by atoms with van der Waals surface area (Å²) < 4.78 is 0. The minimum atomic E-state index is 1.02. The molecule has 2 bridgehead atoms. The van der Waals surface area contributed by atoms with E-state index in [2.05, 4.69) is 22.0 Å². The highest BCUT2D eigenvalue weighted by atomic mass is 32.2. The first kappa shape index (κ1) is 12.3. The van der Waals surface area contributed by atoms with Crippen molar-refractivity contribution in [3.05, 3.63) is 0 Å². The van der Waals surface area contributed by atoms with Crippen molar-refractivity contribution in [2.24, 2.45) is 17.8 Å². The lowest BCUT2D eigenvalue weighted by atomic mass is 9.89. The molecular weight excluding hydrogens is 228 g/mol. The Hall–Kier alpha value is 0.270. The third-order valence-corrected chi connectivity index (χ3v) is 5.94. The van der Waals surface area contributed by atoms with E-state index in [4.69, 9.17) is 0 Å². The molecule has 2 aliphatic carbocycles. The van der Waals surface area contributed by atoms with Gasteiger partial charge < -0.3 is 10.2 Å². The summed E-state index contributed by atoms with van der Waals surface area (Å²) in [6.07, 6.45) is 6.14. The zero-order valence-corrected chi connectivity index (χ0v) is 11.7. The third-order valence-electron chi connectivity index (χ3n) is 5.00. The molecule has 1 heterocycles. The first-order valence-corrected chi connectivity index (χ1v) is 8.58. The highest BCUT2D eigenvalue weighted by Crippen LogP contribution is 2.47. The van der Waals surface area contributed by atoms with Crippen LogP contribution in [-0.2, 0) is 0 Å². The summed E-state index contributed by atoms with van der Waals surface area (Å²) in [6.45, 7) is 6.38. The van der Waals surface area contributed by atoms with Crippen LogP contribution in [0.4, 0.5) is 0 Å². The van der Waals surface area contributed by atoms with Gasteiger partial charge in [0.2, 0.25) is 0 Å². The molecule has 3 heteroatoms. The Balaban J connectivity index is 1.28. The fourth-order valence-electron chi connectivity index (χ4n) is 3.98. The summed E-state index contributed by atoms with van der Waals surface area (Å²) in [4.78, 5) is 2.62. The van der Waals surface area contributed by atoms with Crippen LogP contribution in [0.3, 0.4) is 0 Å². The van der Waals surface area contributed by atoms with Gasteiger partial charge in [0.25, 0.3) is 0 Å². The van der Waals surface area contributed by atoms with Gasteiger partial charge in [-0.05, 0) is 43.6 Å². The molecule has 3 rings (SSSR count). The SMILES string of the molecule is C(CN1CCSCC1)NCC1CC2CCC1C2. The van der Waals surface area contributed by atoms with Gasteiger partial charge in [0, 0.05) is 37.7 Å². The second-order valence-corrected chi connectivity index (χ2v) is 7.32. The van der Waals surface area contributed by atoms with Crippen LogP contribution in [0, 0.1) is 17.8 Å². The van der Waals surface area contributed by atoms with Crippen molar-refractivity contribution in [2.45, 2.75) is 25.7 Å². The molecule has 1 aliphatic heterocycles. The second-order valence-electron chi connectivity index (χ2n) is 6.09. The average Bonchev–Trinajstić information content (AvgIpc) is 2.98. The lowest BCUT2D eigenvalue weighted by Crippen LogP contribution is -2.39. The molecule has 0 amide bonds. The van der Waals surface area contributed by atoms with Crippen LogP contribution in [0.5, 0.6) is 0 Å². The molecule has 1 saturated heterocycles. The number of nitrogens with one attached hydrogen (secondary N) is 1. The summed E-state index contributed by atoms with van der Waals surface area (Å²) >= 11 is 2.10. The maximum atomic E-state index is 3.71. The Kier molecular flexibility index (Phi) is 4.30. The fraction of sp³-hybridized carbons (Fsp3) is 1.00. The van der Waals surface area contributed by atoms with Crippen molar-refractivity contribution in [3.8, 4) is 0 Å². The molecule has 3 atom stereocenters. The molecule has 0 aromatic carbocycles. The quantitative estimate of drug-likeness (QED) is 0.756. The number of rotatable bonds is 5. The predicted molar refractivity (Wildman–Crippen MR) is 75.6 cm³/mol. The van der Waals surface area contributed by atoms with E-state index in [9.17, 15) is 0 Å². The van der Waals surface area contributed by atoms with Crippen molar-refractivity contribution in [3.63, 3.8) is 0 Å². The van der Waals surface area contributed by atoms with Crippen molar-refractivity contribution in [2.75, 3.05) is 44.2 Å². The van der Waals surface area contributed by atoms with Crippen LogP contribution >= 0.6 is 11.8 Å². The van der Waals surface area contributed by atoms with Crippen LogP contribution < -0.4 is 5.32 Å². The molecule has 1 N–H and O–H groups in total. The second kappa shape index (κ2) is 5.94. The Morgan fingerprint density at radius 2 is 2.00 bits per heavy atom. The molecule has 2 saturated carbocycles. The summed E-state index contributed by atoms with van der Waals surface area (Å²) in [7, 11) is 0. The van der Waals surface area contributed by atoms with E-state index < -0.39 is 0 Å². The van der Waals surface area contributed by atoms with Gasteiger partial charge in [0.05, 0.1) is 0 Å². The smallest absolute Gasteiger partial charge is 0.0107 e.